The second-order valence-corrected chi connectivity index (χ2v) is 10.7. The van der Waals surface area contributed by atoms with Gasteiger partial charge in [-0.1, -0.05) is 36.8 Å². The second-order valence-electron chi connectivity index (χ2n) is 8.76. The molecule has 1 fully saturated rings. The zero-order valence-corrected chi connectivity index (χ0v) is 20.7. The van der Waals surface area contributed by atoms with Gasteiger partial charge in [-0.15, -0.1) is 0 Å². The van der Waals surface area contributed by atoms with Crippen LogP contribution in [-0.4, -0.2) is 37.6 Å². The SMILES string of the molecule is Cc1cccc(NC(=O)c2ccccc2NC(=O)c2cc(S(=O)(=O)N3CCCCC3)ccc2C)c1. The zero-order chi connectivity index (χ0) is 25.0. The molecule has 0 radical (unpaired) electrons. The summed E-state index contributed by atoms with van der Waals surface area (Å²) in [4.78, 5) is 26.3. The van der Waals surface area contributed by atoms with Crippen LogP contribution in [0.5, 0.6) is 0 Å². The van der Waals surface area contributed by atoms with E-state index in [4.69, 9.17) is 0 Å². The summed E-state index contributed by atoms with van der Waals surface area (Å²) >= 11 is 0. The predicted octanol–water partition coefficient (Wildman–Crippen LogP) is 4.98. The number of nitrogens with zero attached hydrogens (tertiary/aromatic N) is 1. The topological polar surface area (TPSA) is 95.6 Å². The van der Waals surface area contributed by atoms with Crippen LogP contribution >= 0.6 is 0 Å². The van der Waals surface area contributed by atoms with Crippen molar-refractivity contribution in [3.63, 3.8) is 0 Å². The lowest BCUT2D eigenvalue weighted by Crippen LogP contribution is -2.35. The average molecular weight is 492 g/mol. The molecule has 1 saturated heterocycles. The first-order chi connectivity index (χ1) is 16.8. The van der Waals surface area contributed by atoms with E-state index in [0.717, 1.165) is 24.8 Å². The molecular formula is C27H29N3O4S. The van der Waals surface area contributed by atoms with E-state index in [2.05, 4.69) is 10.6 Å². The molecule has 4 rings (SSSR count). The summed E-state index contributed by atoms with van der Waals surface area (Å²) < 4.78 is 27.7. The van der Waals surface area contributed by atoms with E-state index in [1.54, 1.807) is 49.4 Å². The van der Waals surface area contributed by atoms with Gasteiger partial charge in [-0.3, -0.25) is 9.59 Å². The molecule has 0 aromatic heterocycles. The number of piperidine rings is 1. The Bertz CT molecular complexity index is 1360. The highest BCUT2D eigenvalue weighted by molar-refractivity contribution is 7.89. The van der Waals surface area contributed by atoms with Crippen molar-refractivity contribution in [2.45, 2.75) is 38.0 Å². The van der Waals surface area contributed by atoms with Gasteiger partial charge in [0.05, 0.1) is 16.1 Å². The Hall–Kier alpha value is -3.49. The fourth-order valence-corrected chi connectivity index (χ4v) is 5.71. The molecule has 35 heavy (non-hydrogen) atoms. The number of para-hydroxylation sites is 1. The van der Waals surface area contributed by atoms with Crippen molar-refractivity contribution in [1.82, 2.24) is 4.31 Å². The molecule has 3 aromatic carbocycles. The quantitative estimate of drug-likeness (QED) is 0.508. The molecule has 182 valence electrons. The Morgan fingerprint density at radius 3 is 2.23 bits per heavy atom. The van der Waals surface area contributed by atoms with Crippen molar-refractivity contribution in [2.75, 3.05) is 23.7 Å². The third-order valence-electron chi connectivity index (χ3n) is 6.10. The maximum absolute atomic E-state index is 13.2. The molecule has 7 nitrogen and oxygen atoms in total. The van der Waals surface area contributed by atoms with E-state index in [1.165, 1.54) is 10.4 Å². The van der Waals surface area contributed by atoms with Crippen molar-refractivity contribution in [1.29, 1.82) is 0 Å². The fraction of sp³-hybridized carbons (Fsp3) is 0.259. The Balaban J connectivity index is 1.58. The molecule has 0 aliphatic carbocycles. The van der Waals surface area contributed by atoms with E-state index in [0.29, 0.717) is 35.6 Å². The first-order valence-electron chi connectivity index (χ1n) is 11.6. The van der Waals surface area contributed by atoms with Gasteiger partial charge >= 0.3 is 0 Å². The number of anilines is 2. The summed E-state index contributed by atoms with van der Waals surface area (Å²) in [5.74, 6) is -0.835. The van der Waals surface area contributed by atoms with E-state index in [1.807, 2.05) is 25.1 Å². The summed E-state index contributed by atoms with van der Waals surface area (Å²) in [5, 5.41) is 5.65. The standard InChI is InChI=1S/C27H29N3O4S/c1-19-9-8-10-21(17-19)28-26(31)23-11-4-5-12-25(23)29-27(32)24-18-22(14-13-20(24)2)35(33,34)30-15-6-3-7-16-30/h4-5,8-14,17-18H,3,6-7,15-16H2,1-2H3,(H,28,31)(H,29,32). The van der Waals surface area contributed by atoms with Gasteiger partial charge in [0.1, 0.15) is 0 Å². The monoisotopic (exact) mass is 491 g/mol. The van der Waals surface area contributed by atoms with Crippen LogP contribution in [0.1, 0.15) is 51.1 Å². The van der Waals surface area contributed by atoms with Gasteiger partial charge in [-0.25, -0.2) is 8.42 Å². The lowest BCUT2D eigenvalue weighted by molar-refractivity contribution is 0.102. The summed E-state index contributed by atoms with van der Waals surface area (Å²) in [5.41, 5.74) is 3.20. The van der Waals surface area contributed by atoms with Crippen molar-refractivity contribution in [3.8, 4) is 0 Å². The lowest BCUT2D eigenvalue weighted by atomic mass is 10.1. The number of carbonyl (C=O) groups is 2. The van der Waals surface area contributed by atoms with E-state index < -0.39 is 15.9 Å². The van der Waals surface area contributed by atoms with Crippen LogP contribution in [0.4, 0.5) is 11.4 Å². The van der Waals surface area contributed by atoms with E-state index in [-0.39, 0.29) is 16.4 Å². The van der Waals surface area contributed by atoms with Gasteiger partial charge < -0.3 is 10.6 Å². The minimum Gasteiger partial charge on any atom is -0.322 e. The third-order valence-corrected chi connectivity index (χ3v) is 8.00. The molecule has 8 heteroatoms. The molecule has 1 aliphatic heterocycles. The normalized spacial score (nSPS) is 14.3. The van der Waals surface area contributed by atoms with Crippen molar-refractivity contribution < 1.29 is 18.0 Å². The smallest absolute Gasteiger partial charge is 0.257 e. The van der Waals surface area contributed by atoms with Gasteiger partial charge in [0.2, 0.25) is 10.0 Å². The number of rotatable bonds is 6. The van der Waals surface area contributed by atoms with E-state index >= 15 is 0 Å². The van der Waals surface area contributed by atoms with Crippen LogP contribution in [0.15, 0.2) is 71.6 Å². The number of aryl methyl sites for hydroxylation is 2. The first kappa shape index (κ1) is 24.6. The summed E-state index contributed by atoms with van der Waals surface area (Å²) in [6.45, 7) is 4.66. The minimum absolute atomic E-state index is 0.0978. The molecule has 0 bridgehead atoms. The van der Waals surface area contributed by atoms with Crippen LogP contribution in [0.25, 0.3) is 0 Å². The number of nitrogens with one attached hydrogen (secondary N) is 2. The van der Waals surface area contributed by atoms with Gasteiger partial charge in [0, 0.05) is 24.3 Å². The highest BCUT2D eigenvalue weighted by Gasteiger charge is 2.27. The molecule has 0 saturated carbocycles. The van der Waals surface area contributed by atoms with Crippen LogP contribution in [0.2, 0.25) is 0 Å². The number of amides is 2. The van der Waals surface area contributed by atoms with Crippen molar-refractivity contribution >= 4 is 33.2 Å². The van der Waals surface area contributed by atoms with Gasteiger partial charge in [-0.05, 0) is 74.2 Å². The highest BCUT2D eigenvalue weighted by atomic mass is 32.2. The molecule has 1 heterocycles. The molecule has 1 aliphatic rings. The molecule has 2 N–H and O–H groups in total. The first-order valence-corrected chi connectivity index (χ1v) is 13.1. The summed E-state index contributed by atoms with van der Waals surface area (Å²) in [6.07, 6.45) is 2.68. The minimum atomic E-state index is -3.68. The molecule has 3 aromatic rings. The van der Waals surface area contributed by atoms with Crippen molar-refractivity contribution in [3.05, 3.63) is 89.0 Å². The number of hydrogen-bond acceptors (Lipinski definition) is 4. The van der Waals surface area contributed by atoms with Crippen molar-refractivity contribution in [2.24, 2.45) is 0 Å². The Morgan fingerprint density at radius 2 is 1.49 bits per heavy atom. The van der Waals surface area contributed by atoms with Crippen LogP contribution in [0.3, 0.4) is 0 Å². The van der Waals surface area contributed by atoms with Gasteiger partial charge in [0.25, 0.3) is 11.8 Å². The Labute approximate surface area is 206 Å². The number of hydrogen-bond donors (Lipinski definition) is 2. The lowest BCUT2D eigenvalue weighted by Gasteiger charge is -2.26. The van der Waals surface area contributed by atoms with E-state index in [9.17, 15) is 18.0 Å². The highest BCUT2D eigenvalue weighted by Crippen LogP contribution is 2.24. The molecule has 0 unspecified atom stereocenters. The fourth-order valence-electron chi connectivity index (χ4n) is 4.16. The predicted molar refractivity (Wildman–Crippen MR) is 137 cm³/mol. The number of benzene rings is 3. The molecular weight excluding hydrogens is 462 g/mol. The summed E-state index contributed by atoms with van der Waals surface area (Å²) in [6, 6.07) is 18.8. The Morgan fingerprint density at radius 1 is 0.771 bits per heavy atom. The largest absolute Gasteiger partial charge is 0.322 e. The van der Waals surface area contributed by atoms with Gasteiger partial charge in [0.15, 0.2) is 0 Å². The van der Waals surface area contributed by atoms with Gasteiger partial charge in [-0.2, -0.15) is 4.31 Å². The maximum atomic E-state index is 13.2. The van der Waals surface area contributed by atoms with Crippen LogP contribution in [-0.2, 0) is 10.0 Å². The Kier molecular flexibility index (Phi) is 7.33. The zero-order valence-electron chi connectivity index (χ0n) is 19.9. The average Bonchev–Trinajstić information content (AvgIpc) is 2.85. The number of carbonyl (C=O) groups excluding carboxylic acids is 2. The molecule has 0 atom stereocenters. The third kappa shape index (κ3) is 5.61. The number of sulfonamides is 1. The molecule has 0 spiro atoms. The van der Waals surface area contributed by atoms with Crippen LogP contribution < -0.4 is 10.6 Å². The molecule has 2 amide bonds. The summed E-state index contributed by atoms with van der Waals surface area (Å²) in [7, 11) is -3.68. The second kappa shape index (κ2) is 10.4. The maximum Gasteiger partial charge on any atom is 0.257 e. The van der Waals surface area contributed by atoms with Crippen LogP contribution in [0, 0.1) is 13.8 Å².